The van der Waals surface area contributed by atoms with Crippen molar-refractivity contribution in [2.45, 2.75) is 24.3 Å². The van der Waals surface area contributed by atoms with E-state index in [0.29, 0.717) is 16.5 Å². The first-order valence-corrected chi connectivity index (χ1v) is 13.2. The second kappa shape index (κ2) is 10.1. The summed E-state index contributed by atoms with van der Waals surface area (Å²) in [4.78, 5) is 26.2. The fourth-order valence-electron chi connectivity index (χ4n) is 4.12. The Kier molecular flexibility index (Phi) is 6.71. The molecule has 0 spiro atoms. The van der Waals surface area contributed by atoms with E-state index < -0.39 is 33.2 Å². The van der Waals surface area contributed by atoms with Crippen molar-refractivity contribution in [3.63, 3.8) is 0 Å². The molecule has 192 valence electrons. The third-order valence-electron chi connectivity index (χ3n) is 6.05. The molecule has 9 heteroatoms. The molecule has 0 aliphatic carbocycles. The van der Waals surface area contributed by atoms with Gasteiger partial charge in [-0.3, -0.25) is 4.79 Å². The minimum absolute atomic E-state index is 0.00552. The van der Waals surface area contributed by atoms with Crippen LogP contribution in [0.25, 0.3) is 21.9 Å². The summed E-state index contributed by atoms with van der Waals surface area (Å²) in [6, 6.07) is 22.9. The molecule has 0 aliphatic heterocycles. The number of ether oxygens (including phenoxy) is 1. The maximum absolute atomic E-state index is 13.3. The molecule has 0 aliphatic rings. The second-order valence-corrected chi connectivity index (χ2v) is 10.6. The summed E-state index contributed by atoms with van der Waals surface area (Å²) in [7, 11) is -4.07. The Hall–Kier alpha value is -4.47. The van der Waals surface area contributed by atoms with Gasteiger partial charge >= 0.3 is 5.97 Å². The Morgan fingerprint density at radius 2 is 1.63 bits per heavy atom. The molecule has 5 rings (SSSR count). The van der Waals surface area contributed by atoms with Gasteiger partial charge in [-0.1, -0.05) is 60.2 Å². The average molecular weight is 530 g/mol. The molecule has 0 unspecified atom stereocenters. The molecule has 5 aromatic rings. The van der Waals surface area contributed by atoms with Crippen molar-refractivity contribution in [2.75, 3.05) is 0 Å². The van der Waals surface area contributed by atoms with Crippen LogP contribution in [0, 0.1) is 6.92 Å². The molecule has 0 saturated heterocycles. The first-order chi connectivity index (χ1) is 18.2. The Morgan fingerprint density at radius 3 is 2.37 bits per heavy atom. The van der Waals surface area contributed by atoms with Gasteiger partial charge in [0.1, 0.15) is 34.1 Å². The maximum atomic E-state index is 13.3. The number of benzene rings is 4. The summed E-state index contributed by atoms with van der Waals surface area (Å²) in [5.41, 5.74) is 1.50. The van der Waals surface area contributed by atoms with Crippen molar-refractivity contribution < 1.29 is 27.5 Å². The Morgan fingerprint density at radius 1 is 0.947 bits per heavy atom. The van der Waals surface area contributed by atoms with E-state index in [9.17, 15) is 23.1 Å². The molecule has 38 heavy (non-hydrogen) atoms. The Labute approximate surface area is 218 Å². The number of phenols is 1. The number of carbonyl (C=O) groups excluding carboxylic acids is 1. The van der Waals surface area contributed by atoms with Crippen LogP contribution in [0.1, 0.15) is 11.1 Å². The van der Waals surface area contributed by atoms with Gasteiger partial charge in [-0.2, -0.15) is 4.72 Å². The monoisotopic (exact) mass is 529 g/mol. The van der Waals surface area contributed by atoms with E-state index in [2.05, 4.69) is 4.72 Å². The Bertz CT molecular complexity index is 1810. The largest absolute Gasteiger partial charge is 0.507 e. The lowest BCUT2D eigenvalue weighted by Crippen LogP contribution is -2.44. The highest BCUT2D eigenvalue weighted by Gasteiger charge is 2.28. The molecule has 0 radical (unpaired) electrons. The number of aromatic hydroxyl groups is 1. The van der Waals surface area contributed by atoms with Crippen LogP contribution in [0.2, 0.25) is 0 Å². The molecular weight excluding hydrogens is 506 g/mol. The first-order valence-electron chi connectivity index (χ1n) is 11.7. The SMILES string of the molecule is Cc1ccc(S(=O)(=O)N[C@H](Cc2ccccc2)C(=O)Oc2cc(O)c3c(=O)c4ccccc4oc3c2)cc1. The van der Waals surface area contributed by atoms with Crippen molar-refractivity contribution in [2.24, 2.45) is 0 Å². The van der Waals surface area contributed by atoms with Crippen LogP contribution in [-0.4, -0.2) is 25.5 Å². The summed E-state index contributed by atoms with van der Waals surface area (Å²) in [6.07, 6.45) is 0.0179. The average Bonchev–Trinajstić information content (AvgIpc) is 2.89. The smallest absolute Gasteiger partial charge is 0.329 e. The number of carbonyl (C=O) groups is 1. The molecule has 1 heterocycles. The van der Waals surface area contributed by atoms with Crippen LogP contribution in [0.5, 0.6) is 11.5 Å². The minimum Gasteiger partial charge on any atom is -0.507 e. The summed E-state index contributed by atoms with van der Waals surface area (Å²) in [5.74, 6) is -1.43. The number of rotatable bonds is 7. The molecule has 0 amide bonds. The van der Waals surface area contributed by atoms with Gasteiger partial charge in [0.2, 0.25) is 15.5 Å². The molecular formula is C29H23NO7S. The van der Waals surface area contributed by atoms with Crippen molar-refractivity contribution >= 4 is 37.9 Å². The third-order valence-corrected chi connectivity index (χ3v) is 7.54. The van der Waals surface area contributed by atoms with Gasteiger partial charge in [-0.25, -0.2) is 13.2 Å². The lowest BCUT2D eigenvalue weighted by Gasteiger charge is -2.18. The third kappa shape index (κ3) is 5.15. The van der Waals surface area contributed by atoms with E-state index in [0.717, 1.165) is 11.6 Å². The number of nitrogens with one attached hydrogen (secondary N) is 1. The number of sulfonamides is 1. The summed E-state index contributed by atoms with van der Waals surface area (Å²) in [5, 5.41) is 10.8. The lowest BCUT2D eigenvalue weighted by molar-refractivity contribution is -0.136. The van der Waals surface area contributed by atoms with Gasteiger partial charge in [0.15, 0.2) is 0 Å². The number of para-hydroxylation sites is 1. The topological polar surface area (TPSA) is 123 Å². The molecule has 1 aromatic heterocycles. The van der Waals surface area contributed by atoms with Gasteiger partial charge in [0, 0.05) is 12.1 Å². The van der Waals surface area contributed by atoms with Gasteiger partial charge in [-0.15, -0.1) is 0 Å². The highest BCUT2D eigenvalue weighted by atomic mass is 32.2. The van der Waals surface area contributed by atoms with Crippen molar-refractivity contribution in [1.82, 2.24) is 4.72 Å². The number of hydrogen-bond donors (Lipinski definition) is 2. The van der Waals surface area contributed by atoms with E-state index in [4.69, 9.17) is 9.15 Å². The van der Waals surface area contributed by atoms with Gasteiger partial charge in [0.25, 0.3) is 0 Å². The minimum atomic E-state index is -4.07. The van der Waals surface area contributed by atoms with Crippen molar-refractivity contribution in [3.05, 3.63) is 112 Å². The predicted octanol–water partition coefficient (Wildman–Crippen LogP) is 4.46. The number of aryl methyl sites for hydroxylation is 1. The highest BCUT2D eigenvalue weighted by molar-refractivity contribution is 7.89. The van der Waals surface area contributed by atoms with Gasteiger partial charge in [0.05, 0.1) is 10.3 Å². The molecule has 1 atom stereocenters. The van der Waals surface area contributed by atoms with Crippen molar-refractivity contribution in [3.8, 4) is 11.5 Å². The number of fused-ring (bicyclic) bond motifs is 2. The standard InChI is InChI=1S/C29H23NO7S/c1-18-11-13-21(14-12-18)38(34,35)30-23(15-19-7-3-2-4-8-19)29(33)36-20-16-24(31)27-26(17-20)37-25-10-6-5-9-22(25)28(27)32/h2-14,16-17,23,30-31H,15H2,1H3/t23-/m1/s1. The molecule has 8 nitrogen and oxygen atoms in total. The van der Waals surface area contributed by atoms with Gasteiger partial charge in [-0.05, 0) is 43.2 Å². The second-order valence-electron chi connectivity index (χ2n) is 8.84. The van der Waals surface area contributed by atoms with Crippen LogP contribution in [0.4, 0.5) is 0 Å². The van der Waals surface area contributed by atoms with Crippen LogP contribution in [0.3, 0.4) is 0 Å². The molecule has 0 fully saturated rings. The zero-order valence-electron chi connectivity index (χ0n) is 20.2. The van der Waals surface area contributed by atoms with Crippen LogP contribution >= 0.6 is 0 Å². The normalized spacial score (nSPS) is 12.4. The maximum Gasteiger partial charge on any atom is 0.329 e. The van der Waals surface area contributed by atoms with Crippen molar-refractivity contribution in [1.29, 1.82) is 0 Å². The highest BCUT2D eigenvalue weighted by Crippen LogP contribution is 2.31. The summed E-state index contributed by atoms with van der Waals surface area (Å²) >= 11 is 0. The molecule has 0 bridgehead atoms. The summed E-state index contributed by atoms with van der Waals surface area (Å²) in [6.45, 7) is 1.84. The fourth-order valence-corrected chi connectivity index (χ4v) is 5.31. The number of hydrogen-bond acceptors (Lipinski definition) is 7. The van der Waals surface area contributed by atoms with Crippen LogP contribution in [0.15, 0.2) is 105 Å². The van der Waals surface area contributed by atoms with E-state index in [1.807, 2.05) is 13.0 Å². The van der Waals surface area contributed by atoms with Crippen LogP contribution in [-0.2, 0) is 21.2 Å². The van der Waals surface area contributed by atoms with E-state index in [-0.39, 0.29) is 28.0 Å². The lowest BCUT2D eigenvalue weighted by atomic mass is 10.1. The predicted molar refractivity (Wildman–Crippen MR) is 143 cm³/mol. The first kappa shape index (κ1) is 25.2. The van der Waals surface area contributed by atoms with Crippen LogP contribution < -0.4 is 14.9 Å². The number of phenolic OH excluding ortho intramolecular Hbond substituents is 1. The van der Waals surface area contributed by atoms with E-state index >= 15 is 0 Å². The van der Waals surface area contributed by atoms with E-state index in [1.54, 1.807) is 60.7 Å². The zero-order valence-corrected chi connectivity index (χ0v) is 21.1. The molecule has 4 aromatic carbocycles. The quantitative estimate of drug-likeness (QED) is 0.181. The van der Waals surface area contributed by atoms with Gasteiger partial charge < -0.3 is 14.3 Å². The zero-order chi connectivity index (χ0) is 26.9. The van der Waals surface area contributed by atoms with E-state index in [1.165, 1.54) is 18.2 Å². The summed E-state index contributed by atoms with van der Waals surface area (Å²) < 4.78 is 39.9. The fraction of sp³-hybridized carbons (Fsp3) is 0.103. The Balaban J connectivity index is 1.49. The molecule has 0 saturated carbocycles. The number of esters is 1. The molecule has 2 N–H and O–H groups in total.